The van der Waals surface area contributed by atoms with Gasteiger partial charge in [-0.05, 0) is 44.4 Å². The predicted octanol–water partition coefficient (Wildman–Crippen LogP) is 2.97. The highest BCUT2D eigenvalue weighted by Gasteiger charge is 2.90. The summed E-state index contributed by atoms with van der Waals surface area (Å²) >= 11 is 0. The summed E-state index contributed by atoms with van der Waals surface area (Å²) in [5.41, 5.74) is -2.08. The second kappa shape index (κ2) is 10.5. The smallest absolute Gasteiger partial charge is 0.338 e. The Labute approximate surface area is 259 Å². The quantitative estimate of drug-likeness (QED) is 0.387. The summed E-state index contributed by atoms with van der Waals surface area (Å²) in [4.78, 5) is 29.6. The topological polar surface area (TPSA) is 102 Å². The Balaban J connectivity index is 1.50. The van der Waals surface area contributed by atoms with Gasteiger partial charge in [0.25, 0.3) is 0 Å². The van der Waals surface area contributed by atoms with E-state index < -0.39 is 34.8 Å². The molecule has 44 heavy (non-hydrogen) atoms. The van der Waals surface area contributed by atoms with Crippen LogP contribution in [0.4, 0.5) is 0 Å². The Morgan fingerprint density at radius 2 is 1.66 bits per heavy atom. The number of carbonyl (C=O) groups excluding carboxylic acids is 2. The van der Waals surface area contributed by atoms with Gasteiger partial charge in [0, 0.05) is 90.1 Å². The molecular formula is C34H47NO9. The van der Waals surface area contributed by atoms with Crippen molar-refractivity contribution in [2.24, 2.45) is 34.5 Å². The van der Waals surface area contributed by atoms with E-state index in [1.807, 2.05) is 25.3 Å². The average Bonchev–Trinajstić information content (AvgIpc) is 3.42. The van der Waals surface area contributed by atoms with E-state index in [0.29, 0.717) is 25.0 Å². The van der Waals surface area contributed by atoms with Gasteiger partial charge in [-0.25, -0.2) is 4.79 Å². The van der Waals surface area contributed by atoms with E-state index in [0.717, 1.165) is 19.4 Å². The molecule has 1 heterocycles. The fraction of sp³-hybridized carbons (Fsp3) is 0.765. The van der Waals surface area contributed by atoms with Crippen molar-refractivity contribution in [1.29, 1.82) is 0 Å². The maximum Gasteiger partial charge on any atom is 0.338 e. The Morgan fingerprint density at radius 1 is 0.932 bits per heavy atom. The molecular weight excluding hydrogens is 566 g/mol. The first kappa shape index (κ1) is 30.6. The molecule has 7 rings (SSSR count). The number of methoxy groups -OCH3 is 5. The average molecular weight is 614 g/mol. The summed E-state index contributed by atoms with van der Waals surface area (Å²) < 4.78 is 45.2. The molecule has 0 amide bonds. The predicted molar refractivity (Wildman–Crippen MR) is 158 cm³/mol. The summed E-state index contributed by atoms with van der Waals surface area (Å²) in [6.45, 7) is 2.93. The molecule has 10 nitrogen and oxygen atoms in total. The van der Waals surface area contributed by atoms with E-state index in [4.69, 9.17) is 33.2 Å². The fourth-order valence-corrected chi connectivity index (χ4v) is 12.5. The molecule has 1 unspecified atom stereocenters. The Morgan fingerprint density at radius 3 is 2.27 bits per heavy atom. The molecule has 5 saturated carbocycles. The minimum atomic E-state index is -1.03. The van der Waals surface area contributed by atoms with Gasteiger partial charge in [-0.15, -0.1) is 0 Å². The van der Waals surface area contributed by atoms with Crippen molar-refractivity contribution in [3.05, 3.63) is 35.9 Å². The maximum atomic E-state index is 13.8. The normalized spacial score (nSPS) is 48.2. The lowest BCUT2D eigenvalue weighted by atomic mass is 9.43. The molecule has 1 spiro atoms. The molecule has 1 aliphatic heterocycles. The Hall–Kier alpha value is -2.08. The highest BCUT2D eigenvalue weighted by atomic mass is 16.6. The molecule has 1 aromatic rings. The van der Waals surface area contributed by atoms with Crippen molar-refractivity contribution >= 4 is 11.9 Å². The van der Waals surface area contributed by atoms with E-state index in [1.54, 1.807) is 40.6 Å². The Kier molecular flexibility index (Phi) is 7.27. The third-order valence-electron chi connectivity index (χ3n) is 13.1. The van der Waals surface area contributed by atoms with Gasteiger partial charge >= 0.3 is 11.9 Å². The number of benzene rings is 1. The molecule has 1 saturated heterocycles. The number of likely N-dealkylation sites (tertiary alicyclic amines) is 1. The molecule has 0 radical (unpaired) electrons. The molecule has 0 N–H and O–H groups in total. The maximum absolute atomic E-state index is 13.8. The van der Waals surface area contributed by atoms with Crippen LogP contribution in [0.2, 0.25) is 0 Å². The van der Waals surface area contributed by atoms with Crippen molar-refractivity contribution in [3.63, 3.8) is 0 Å². The van der Waals surface area contributed by atoms with Crippen LogP contribution in [-0.4, -0.2) is 114 Å². The molecule has 7 bridgehead atoms. The SMILES string of the molecule is COC[C@@]12CC[C@H](OC)[C@]34C([C@H]([C@H](OC)[C@H]13)[C@@]1(OC(C)=O)C[C@H](OC)[C@@]3(OC)C[C@@H]4[C@@H]1[C@H]3OC(=O)c1ccccc1)N(C)C2. The van der Waals surface area contributed by atoms with Crippen LogP contribution in [0.3, 0.4) is 0 Å². The zero-order chi connectivity index (χ0) is 31.2. The number of hydrogen-bond donors (Lipinski definition) is 0. The van der Waals surface area contributed by atoms with Gasteiger partial charge in [0.15, 0.2) is 0 Å². The van der Waals surface area contributed by atoms with E-state index in [9.17, 15) is 9.59 Å². The molecule has 10 heteroatoms. The van der Waals surface area contributed by atoms with Crippen LogP contribution >= 0.6 is 0 Å². The third kappa shape index (κ3) is 3.53. The Bertz CT molecular complexity index is 1290. The summed E-state index contributed by atoms with van der Waals surface area (Å²) in [6, 6.07) is 9.04. The van der Waals surface area contributed by atoms with E-state index >= 15 is 0 Å². The molecule has 6 fully saturated rings. The molecule has 6 aliphatic rings. The zero-order valence-electron chi connectivity index (χ0n) is 26.9. The fourth-order valence-electron chi connectivity index (χ4n) is 12.5. The van der Waals surface area contributed by atoms with Crippen LogP contribution in [0.1, 0.15) is 43.0 Å². The minimum absolute atomic E-state index is 0.00187. The van der Waals surface area contributed by atoms with Crippen LogP contribution in [-0.2, 0) is 38.0 Å². The number of nitrogens with zero attached hydrogens (tertiary/aromatic N) is 1. The summed E-state index contributed by atoms with van der Waals surface area (Å²) in [6.07, 6.45) is 1.30. The number of hydrogen-bond acceptors (Lipinski definition) is 10. The first-order chi connectivity index (χ1) is 21.2. The van der Waals surface area contributed by atoms with Crippen LogP contribution in [0.5, 0.6) is 0 Å². The van der Waals surface area contributed by atoms with Crippen molar-refractivity contribution in [2.45, 2.75) is 74.3 Å². The summed E-state index contributed by atoms with van der Waals surface area (Å²) in [5.74, 6) is -1.36. The number of carbonyl (C=O) groups is 2. The van der Waals surface area contributed by atoms with Crippen molar-refractivity contribution in [1.82, 2.24) is 4.90 Å². The molecule has 5 aliphatic carbocycles. The third-order valence-corrected chi connectivity index (χ3v) is 13.1. The van der Waals surface area contributed by atoms with Gasteiger partial charge in [0.05, 0.1) is 30.5 Å². The number of fused-ring (bicyclic) bond motifs is 2. The number of esters is 2. The lowest BCUT2D eigenvalue weighted by Crippen LogP contribution is -2.77. The molecule has 242 valence electrons. The van der Waals surface area contributed by atoms with Crippen LogP contribution in [0.15, 0.2) is 30.3 Å². The first-order valence-corrected chi connectivity index (χ1v) is 15.9. The van der Waals surface area contributed by atoms with Crippen molar-refractivity contribution in [3.8, 4) is 0 Å². The second-order valence-corrected chi connectivity index (χ2v) is 14.3. The molecule has 1 aromatic carbocycles. The van der Waals surface area contributed by atoms with Crippen LogP contribution in [0.25, 0.3) is 0 Å². The first-order valence-electron chi connectivity index (χ1n) is 15.9. The zero-order valence-corrected chi connectivity index (χ0v) is 26.9. The lowest BCUT2D eigenvalue weighted by molar-refractivity contribution is -0.287. The van der Waals surface area contributed by atoms with Gasteiger partial charge in [-0.1, -0.05) is 18.2 Å². The largest absolute Gasteiger partial charge is 0.458 e. The summed E-state index contributed by atoms with van der Waals surface area (Å²) in [7, 11) is 10.9. The van der Waals surface area contributed by atoms with Crippen molar-refractivity contribution in [2.75, 3.05) is 55.7 Å². The van der Waals surface area contributed by atoms with Gasteiger partial charge in [-0.3, -0.25) is 4.79 Å². The van der Waals surface area contributed by atoms with Gasteiger partial charge in [-0.2, -0.15) is 0 Å². The van der Waals surface area contributed by atoms with E-state index in [-0.39, 0.29) is 53.3 Å². The second-order valence-electron chi connectivity index (χ2n) is 14.3. The van der Waals surface area contributed by atoms with E-state index in [1.165, 1.54) is 6.92 Å². The van der Waals surface area contributed by atoms with E-state index in [2.05, 4.69) is 11.9 Å². The monoisotopic (exact) mass is 613 g/mol. The van der Waals surface area contributed by atoms with Gasteiger partial charge in [0.2, 0.25) is 0 Å². The van der Waals surface area contributed by atoms with Crippen LogP contribution in [0, 0.1) is 34.5 Å². The minimum Gasteiger partial charge on any atom is -0.458 e. The van der Waals surface area contributed by atoms with Crippen LogP contribution < -0.4 is 0 Å². The standard InChI is InChI=1S/C34H47NO9/c1-19(36)44-33-16-23(40-5)32(42-7)15-21(24(33)29(32)43-30(37)20-11-9-8-10-12-20)34-22(39-4)13-14-31(18-38-3)17-35(2)28(34)25(33)26(41-6)27(31)34/h8-12,21-29H,13-18H2,1-7H3/t21-,22+,23+,24-,25+,26+,27-,28?,29-,31+,32+,33-,34+/m1/s1. The molecule has 13 atom stereocenters. The number of piperidine rings is 1. The number of rotatable bonds is 9. The van der Waals surface area contributed by atoms with Gasteiger partial charge < -0.3 is 38.1 Å². The number of ether oxygens (including phenoxy) is 7. The lowest BCUT2D eigenvalue weighted by Gasteiger charge is -2.69. The molecule has 0 aromatic heterocycles. The highest BCUT2D eigenvalue weighted by Crippen LogP contribution is 2.80. The van der Waals surface area contributed by atoms with Crippen molar-refractivity contribution < 1.29 is 42.7 Å². The summed E-state index contributed by atoms with van der Waals surface area (Å²) in [5, 5.41) is 0. The van der Waals surface area contributed by atoms with Gasteiger partial charge in [0.1, 0.15) is 17.3 Å². The highest BCUT2D eigenvalue weighted by molar-refractivity contribution is 5.89.